The molecule has 0 spiro atoms. The summed E-state index contributed by atoms with van der Waals surface area (Å²) in [6.45, 7) is 4.23. The standard InChI is InChI=1S/C10H15N3O/c1-12-10-6-13(5-9-7-14-9)3-2-8(10)4-11-12/h4,9H,2-3,5-7H2,1H3/t9-/m1/s1. The Balaban J connectivity index is 1.74. The molecule has 0 saturated carbocycles. The highest BCUT2D eigenvalue weighted by atomic mass is 16.6. The van der Waals surface area contributed by atoms with Crippen molar-refractivity contribution in [2.45, 2.75) is 19.1 Å². The van der Waals surface area contributed by atoms with Crippen molar-refractivity contribution in [3.05, 3.63) is 17.5 Å². The molecule has 76 valence electrons. The smallest absolute Gasteiger partial charge is 0.0936 e. The van der Waals surface area contributed by atoms with Gasteiger partial charge in [0, 0.05) is 26.7 Å². The average molecular weight is 193 g/mol. The summed E-state index contributed by atoms with van der Waals surface area (Å²) in [6, 6.07) is 0. The fourth-order valence-corrected chi connectivity index (χ4v) is 2.11. The SMILES string of the molecule is Cn1ncc2c1CN(C[C@@H]1CO1)CC2. The van der Waals surface area contributed by atoms with Gasteiger partial charge in [0.05, 0.1) is 24.6 Å². The van der Waals surface area contributed by atoms with E-state index in [-0.39, 0.29) is 0 Å². The highest BCUT2D eigenvalue weighted by Crippen LogP contribution is 2.20. The summed E-state index contributed by atoms with van der Waals surface area (Å²) >= 11 is 0. The summed E-state index contributed by atoms with van der Waals surface area (Å²) in [5.41, 5.74) is 2.79. The number of epoxide rings is 1. The van der Waals surface area contributed by atoms with Gasteiger partial charge in [0.1, 0.15) is 0 Å². The van der Waals surface area contributed by atoms with Crippen LogP contribution in [-0.2, 0) is 24.8 Å². The van der Waals surface area contributed by atoms with Crippen LogP contribution in [0.25, 0.3) is 0 Å². The van der Waals surface area contributed by atoms with Gasteiger partial charge >= 0.3 is 0 Å². The van der Waals surface area contributed by atoms with Crippen molar-refractivity contribution in [1.82, 2.24) is 14.7 Å². The predicted molar refractivity (Wildman–Crippen MR) is 51.9 cm³/mol. The van der Waals surface area contributed by atoms with E-state index in [4.69, 9.17) is 4.74 Å². The first-order valence-corrected chi connectivity index (χ1v) is 5.16. The van der Waals surface area contributed by atoms with Crippen LogP contribution in [0, 0.1) is 0 Å². The van der Waals surface area contributed by atoms with E-state index in [0.717, 1.165) is 32.7 Å². The molecule has 0 N–H and O–H groups in total. The lowest BCUT2D eigenvalue weighted by Gasteiger charge is -2.26. The summed E-state index contributed by atoms with van der Waals surface area (Å²) in [4.78, 5) is 2.46. The van der Waals surface area contributed by atoms with Gasteiger partial charge in [0.25, 0.3) is 0 Å². The molecule has 2 aliphatic rings. The second kappa shape index (κ2) is 3.07. The van der Waals surface area contributed by atoms with Gasteiger partial charge in [0.15, 0.2) is 0 Å². The largest absolute Gasteiger partial charge is 0.372 e. The van der Waals surface area contributed by atoms with Gasteiger partial charge in [-0.25, -0.2) is 0 Å². The minimum atomic E-state index is 0.504. The highest BCUT2D eigenvalue weighted by molar-refractivity contribution is 5.20. The molecule has 3 heterocycles. The maximum atomic E-state index is 5.25. The second-order valence-corrected chi connectivity index (χ2v) is 4.18. The molecule has 0 aromatic carbocycles. The molecule has 1 aromatic heterocycles. The Morgan fingerprint density at radius 3 is 3.29 bits per heavy atom. The third-order valence-corrected chi connectivity index (χ3v) is 3.08. The molecule has 0 amide bonds. The van der Waals surface area contributed by atoms with Crippen LogP contribution < -0.4 is 0 Å². The minimum Gasteiger partial charge on any atom is -0.372 e. The van der Waals surface area contributed by atoms with E-state index in [9.17, 15) is 0 Å². The molecule has 0 radical (unpaired) electrons. The Morgan fingerprint density at radius 1 is 1.64 bits per heavy atom. The lowest BCUT2D eigenvalue weighted by Crippen LogP contribution is -2.34. The van der Waals surface area contributed by atoms with E-state index >= 15 is 0 Å². The van der Waals surface area contributed by atoms with Crippen LogP contribution in [0.1, 0.15) is 11.3 Å². The van der Waals surface area contributed by atoms with Gasteiger partial charge in [-0.05, 0) is 12.0 Å². The number of hydrogen-bond acceptors (Lipinski definition) is 3. The van der Waals surface area contributed by atoms with Crippen LogP contribution in [-0.4, -0.2) is 40.5 Å². The predicted octanol–water partition coefficient (Wildman–Crippen LogP) is 0.177. The molecule has 4 nitrogen and oxygen atoms in total. The van der Waals surface area contributed by atoms with Crippen LogP contribution in [0.2, 0.25) is 0 Å². The normalized spacial score (nSPS) is 26.2. The Kier molecular flexibility index (Phi) is 1.85. The van der Waals surface area contributed by atoms with E-state index in [0.29, 0.717) is 6.10 Å². The molecule has 4 heteroatoms. The van der Waals surface area contributed by atoms with Gasteiger partial charge in [-0.3, -0.25) is 9.58 Å². The van der Waals surface area contributed by atoms with Crippen molar-refractivity contribution in [3.63, 3.8) is 0 Å². The first-order valence-electron chi connectivity index (χ1n) is 5.16. The zero-order valence-corrected chi connectivity index (χ0v) is 8.44. The monoisotopic (exact) mass is 193 g/mol. The van der Waals surface area contributed by atoms with Gasteiger partial charge in [-0.15, -0.1) is 0 Å². The lowest BCUT2D eigenvalue weighted by atomic mass is 10.1. The summed E-state index contributed by atoms with van der Waals surface area (Å²) in [5.74, 6) is 0. The first-order chi connectivity index (χ1) is 6.83. The van der Waals surface area contributed by atoms with Gasteiger partial charge in [-0.1, -0.05) is 0 Å². The second-order valence-electron chi connectivity index (χ2n) is 4.18. The molecule has 0 aliphatic carbocycles. The van der Waals surface area contributed by atoms with Crippen LogP contribution in [0.5, 0.6) is 0 Å². The number of aromatic nitrogens is 2. The number of hydrogen-bond donors (Lipinski definition) is 0. The third-order valence-electron chi connectivity index (χ3n) is 3.08. The van der Waals surface area contributed by atoms with Crippen molar-refractivity contribution in [3.8, 4) is 0 Å². The van der Waals surface area contributed by atoms with E-state index < -0.39 is 0 Å². The van der Waals surface area contributed by atoms with Crippen molar-refractivity contribution >= 4 is 0 Å². The topological polar surface area (TPSA) is 33.6 Å². The van der Waals surface area contributed by atoms with Crippen molar-refractivity contribution in [2.24, 2.45) is 7.05 Å². The molecule has 14 heavy (non-hydrogen) atoms. The minimum absolute atomic E-state index is 0.504. The zero-order valence-electron chi connectivity index (χ0n) is 8.44. The molecular weight excluding hydrogens is 178 g/mol. The number of fused-ring (bicyclic) bond motifs is 1. The average Bonchev–Trinajstić information content (AvgIpc) is 2.92. The molecule has 1 atom stereocenters. The summed E-state index contributed by atoms with van der Waals surface area (Å²) in [5, 5.41) is 4.29. The fraction of sp³-hybridized carbons (Fsp3) is 0.700. The number of nitrogens with zero attached hydrogens (tertiary/aromatic N) is 3. The van der Waals surface area contributed by atoms with Gasteiger partial charge < -0.3 is 4.74 Å². The molecule has 2 aliphatic heterocycles. The van der Waals surface area contributed by atoms with E-state index in [2.05, 4.69) is 10.00 Å². The Morgan fingerprint density at radius 2 is 2.50 bits per heavy atom. The van der Waals surface area contributed by atoms with Crippen molar-refractivity contribution < 1.29 is 4.74 Å². The maximum absolute atomic E-state index is 5.25. The zero-order chi connectivity index (χ0) is 9.54. The molecular formula is C10H15N3O. The van der Waals surface area contributed by atoms with E-state index in [1.165, 1.54) is 11.3 Å². The Bertz CT molecular complexity index is 343. The van der Waals surface area contributed by atoms with Gasteiger partial charge in [0.2, 0.25) is 0 Å². The van der Waals surface area contributed by atoms with Crippen LogP contribution in [0.3, 0.4) is 0 Å². The third kappa shape index (κ3) is 1.44. The van der Waals surface area contributed by atoms with Crippen molar-refractivity contribution in [2.75, 3.05) is 19.7 Å². The van der Waals surface area contributed by atoms with E-state index in [1.807, 2.05) is 17.9 Å². The summed E-state index contributed by atoms with van der Waals surface area (Å²) in [6.07, 6.45) is 3.64. The fourth-order valence-electron chi connectivity index (χ4n) is 2.11. The molecule has 1 saturated heterocycles. The highest BCUT2D eigenvalue weighted by Gasteiger charge is 2.28. The molecule has 0 bridgehead atoms. The number of rotatable bonds is 2. The molecule has 1 fully saturated rings. The summed E-state index contributed by atoms with van der Waals surface area (Å²) in [7, 11) is 2.02. The molecule has 3 rings (SSSR count). The summed E-state index contributed by atoms with van der Waals surface area (Å²) < 4.78 is 7.24. The first kappa shape index (κ1) is 8.44. The van der Waals surface area contributed by atoms with E-state index in [1.54, 1.807) is 0 Å². The lowest BCUT2D eigenvalue weighted by molar-refractivity contribution is 0.220. The van der Waals surface area contributed by atoms with Gasteiger partial charge in [-0.2, -0.15) is 5.10 Å². The van der Waals surface area contributed by atoms with Crippen molar-refractivity contribution in [1.29, 1.82) is 0 Å². The number of aryl methyl sites for hydroxylation is 1. The van der Waals surface area contributed by atoms with Crippen LogP contribution >= 0.6 is 0 Å². The molecule has 0 unspecified atom stereocenters. The Labute approximate surface area is 83.5 Å². The van der Waals surface area contributed by atoms with Crippen LogP contribution in [0.15, 0.2) is 6.20 Å². The quantitative estimate of drug-likeness (QED) is 0.628. The Hall–Kier alpha value is -0.870. The molecule has 1 aromatic rings. The van der Waals surface area contributed by atoms with Crippen LogP contribution in [0.4, 0.5) is 0 Å². The maximum Gasteiger partial charge on any atom is 0.0936 e. The number of ether oxygens (including phenoxy) is 1.